The van der Waals surface area contributed by atoms with Gasteiger partial charge in [0.05, 0.1) is 11.6 Å². The van der Waals surface area contributed by atoms with Gasteiger partial charge in [-0.3, -0.25) is 9.59 Å². The van der Waals surface area contributed by atoms with Crippen molar-refractivity contribution in [3.63, 3.8) is 0 Å². The average Bonchev–Trinajstić information content (AvgIpc) is 2.91. The lowest BCUT2D eigenvalue weighted by molar-refractivity contribution is -0.139. The molecule has 1 aliphatic rings. The minimum absolute atomic E-state index is 0.125. The smallest absolute Gasteiger partial charge is 0.295 e. The van der Waals surface area contributed by atoms with Gasteiger partial charge < -0.3 is 10.0 Å². The molecule has 3 rings (SSSR count). The number of nitrogens with zero attached hydrogens (tertiary/aromatic N) is 1. The van der Waals surface area contributed by atoms with Gasteiger partial charge in [-0.25, -0.2) is 0 Å². The van der Waals surface area contributed by atoms with Crippen LogP contribution in [0.5, 0.6) is 0 Å². The van der Waals surface area contributed by atoms with Crippen molar-refractivity contribution in [1.82, 2.24) is 4.90 Å². The summed E-state index contributed by atoms with van der Waals surface area (Å²) in [5.74, 6) is -1.02. The van der Waals surface area contributed by atoms with Crippen molar-refractivity contribution in [3.8, 4) is 0 Å². The number of ketones is 1. The van der Waals surface area contributed by atoms with Crippen molar-refractivity contribution in [2.24, 2.45) is 0 Å². The molecule has 2 aromatic rings. The first-order valence-corrected chi connectivity index (χ1v) is 9.04. The van der Waals surface area contributed by atoms with Gasteiger partial charge in [0.2, 0.25) is 0 Å². The number of aliphatic hydroxyl groups excluding tert-OH is 1. The minimum Gasteiger partial charge on any atom is -0.507 e. The van der Waals surface area contributed by atoms with Gasteiger partial charge in [-0.1, -0.05) is 60.2 Å². The first kappa shape index (κ1) is 18.2. The van der Waals surface area contributed by atoms with E-state index in [4.69, 9.17) is 11.6 Å². The molecular weight excluding hydrogens is 350 g/mol. The second-order valence-electron chi connectivity index (χ2n) is 6.31. The second kappa shape index (κ2) is 7.75. The number of rotatable bonds is 5. The SMILES string of the molecule is Cc1ccc(C2/C(=C(\O)c3ccccc3)C(=O)C(=O)N2CCCCl)cc1. The predicted molar refractivity (Wildman–Crippen MR) is 102 cm³/mol. The molecule has 0 aliphatic carbocycles. The number of halogens is 1. The van der Waals surface area contributed by atoms with Crippen molar-refractivity contribution >= 4 is 29.1 Å². The summed E-state index contributed by atoms with van der Waals surface area (Å²) in [5, 5.41) is 10.8. The topological polar surface area (TPSA) is 57.6 Å². The fourth-order valence-electron chi connectivity index (χ4n) is 3.19. The highest BCUT2D eigenvalue weighted by Crippen LogP contribution is 2.39. The molecule has 1 unspecified atom stereocenters. The van der Waals surface area contributed by atoms with E-state index >= 15 is 0 Å². The number of aryl methyl sites for hydroxylation is 1. The summed E-state index contributed by atoms with van der Waals surface area (Å²) in [6, 6.07) is 15.8. The van der Waals surface area contributed by atoms with Crippen molar-refractivity contribution < 1.29 is 14.7 Å². The molecule has 1 amide bonds. The molecule has 1 saturated heterocycles. The normalized spacial score (nSPS) is 19.2. The predicted octanol–water partition coefficient (Wildman–Crippen LogP) is 4.05. The summed E-state index contributed by atoms with van der Waals surface area (Å²) in [4.78, 5) is 26.8. The molecule has 1 atom stereocenters. The van der Waals surface area contributed by atoms with Crippen LogP contribution in [-0.4, -0.2) is 34.1 Å². The summed E-state index contributed by atoms with van der Waals surface area (Å²) in [6.45, 7) is 2.33. The van der Waals surface area contributed by atoms with Crippen LogP contribution >= 0.6 is 11.6 Å². The molecule has 0 aromatic heterocycles. The Balaban J connectivity index is 2.15. The lowest BCUT2D eigenvalue weighted by Gasteiger charge is -2.25. The molecule has 2 aromatic carbocycles. The van der Waals surface area contributed by atoms with Gasteiger partial charge in [-0.2, -0.15) is 0 Å². The van der Waals surface area contributed by atoms with Gasteiger partial charge in [0.1, 0.15) is 5.76 Å². The minimum atomic E-state index is -0.661. The van der Waals surface area contributed by atoms with Gasteiger partial charge in [-0.15, -0.1) is 11.6 Å². The Kier molecular flexibility index (Phi) is 5.43. The monoisotopic (exact) mass is 369 g/mol. The van der Waals surface area contributed by atoms with Gasteiger partial charge >= 0.3 is 0 Å². The number of hydrogen-bond donors (Lipinski definition) is 1. The summed E-state index contributed by atoms with van der Waals surface area (Å²) >= 11 is 5.79. The van der Waals surface area contributed by atoms with Crippen molar-refractivity contribution in [2.45, 2.75) is 19.4 Å². The highest BCUT2D eigenvalue weighted by molar-refractivity contribution is 6.46. The van der Waals surface area contributed by atoms with E-state index in [1.165, 1.54) is 4.90 Å². The van der Waals surface area contributed by atoms with Gasteiger partial charge in [-0.05, 0) is 18.9 Å². The summed E-state index contributed by atoms with van der Waals surface area (Å²) in [7, 11) is 0. The quantitative estimate of drug-likeness (QED) is 0.374. The maximum atomic E-state index is 12.7. The number of likely N-dealkylation sites (tertiary alicyclic amines) is 1. The number of Topliss-reactive ketones (excluding diaryl/α,β-unsaturated/α-hetero) is 1. The van der Waals surface area contributed by atoms with E-state index in [9.17, 15) is 14.7 Å². The number of alkyl halides is 1. The fraction of sp³-hybridized carbons (Fsp3) is 0.238. The Morgan fingerprint density at radius 2 is 1.73 bits per heavy atom. The van der Waals surface area contributed by atoms with Gasteiger partial charge in [0.25, 0.3) is 11.7 Å². The molecule has 5 heteroatoms. The van der Waals surface area contributed by atoms with Crippen molar-refractivity contribution in [3.05, 3.63) is 76.9 Å². The number of benzene rings is 2. The molecule has 1 N–H and O–H groups in total. The third kappa shape index (κ3) is 3.37. The molecule has 4 nitrogen and oxygen atoms in total. The Morgan fingerprint density at radius 1 is 1.08 bits per heavy atom. The van der Waals surface area contributed by atoms with E-state index in [0.717, 1.165) is 11.1 Å². The standard InChI is InChI=1S/C21H20ClNO3/c1-14-8-10-15(11-9-14)18-17(19(24)16-6-3-2-4-7-16)20(25)21(26)23(18)13-5-12-22/h2-4,6-11,18,24H,5,12-13H2,1H3/b19-17+. The van der Waals surface area contributed by atoms with Crippen molar-refractivity contribution in [2.75, 3.05) is 12.4 Å². The zero-order valence-corrected chi connectivity index (χ0v) is 15.2. The van der Waals surface area contributed by atoms with E-state index in [1.54, 1.807) is 24.3 Å². The van der Waals surface area contributed by atoms with Crippen LogP contribution in [0.2, 0.25) is 0 Å². The van der Waals surface area contributed by atoms with Gasteiger partial charge in [0, 0.05) is 18.0 Å². The van der Waals surface area contributed by atoms with Gasteiger partial charge in [0.15, 0.2) is 0 Å². The molecule has 26 heavy (non-hydrogen) atoms. The number of carbonyl (C=O) groups is 2. The van der Waals surface area contributed by atoms with Crippen LogP contribution in [0.25, 0.3) is 5.76 Å². The first-order valence-electron chi connectivity index (χ1n) is 8.51. The van der Waals surface area contributed by atoms with Crippen LogP contribution in [0, 0.1) is 6.92 Å². The molecule has 1 fully saturated rings. The maximum absolute atomic E-state index is 12.7. The van der Waals surface area contributed by atoms with Crippen molar-refractivity contribution in [1.29, 1.82) is 0 Å². The summed E-state index contributed by atoms with van der Waals surface area (Å²) < 4.78 is 0. The van der Waals surface area contributed by atoms with E-state index < -0.39 is 17.7 Å². The molecule has 1 aliphatic heterocycles. The van der Waals surface area contributed by atoms with E-state index in [0.29, 0.717) is 24.4 Å². The summed E-state index contributed by atoms with van der Waals surface area (Å²) in [5.41, 5.74) is 2.51. The largest absolute Gasteiger partial charge is 0.507 e. The Bertz CT molecular complexity index is 843. The molecule has 0 saturated carbocycles. The first-order chi connectivity index (χ1) is 12.5. The van der Waals surface area contributed by atoms with E-state index in [-0.39, 0.29) is 11.3 Å². The maximum Gasteiger partial charge on any atom is 0.295 e. The van der Waals surface area contributed by atoms with Crippen LogP contribution in [0.4, 0.5) is 0 Å². The number of amides is 1. The van der Waals surface area contributed by atoms with Crippen LogP contribution in [0.15, 0.2) is 60.2 Å². The van der Waals surface area contributed by atoms with E-state index in [1.807, 2.05) is 37.3 Å². The van der Waals surface area contributed by atoms with Crippen LogP contribution < -0.4 is 0 Å². The number of hydrogen-bond acceptors (Lipinski definition) is 3. The lowest BCUT2D eigenvalue weighted by atomic mass is 9.95. The third-order valence-corrected chi connectivity index (χ3v) is 4.78. The van der Waals surface area contributed by atoms with E-state index in [2.05, 4.69) is 0 Å². The van der Waals surface area contributed by atoms with Crippen LogP contribution in [-0.2, 0) is 9.59 Å². The Labute approximate surface area is 157 Å². The fourth-order valence-corrected chi connectivity index (χ4v) is 3.31. The zero-order valence-electron chi connectivity index (χ0n) is 14.5. The van der Waals surface area contributed by atoms with Crippen LogP contribution in [0.3, 0.4) is 0 Å². The Morgan fingerprint density at radius 3 is 2.35 bits per heavy atom. The number of carbonyl (C=O) groups excluding carboxylic acids is 2. The number of aliphatic hydroxyl groups is 1. The molecule has 0 bridgehead atoms. The zero-order chi connectivity index (χ0) is 18.7. The average molecular weight is 370 g/mol. The molecule has 1 heterocycles. The Hall–Kier alpha value is -2.59. The highest BCUT2D eigenvalue weighted by atomic mass is 35.5. The second-order valence-corrected chi connectivity index (χ2v) is 6.69. The highest BCUT2D eigenvalue weighted by Gasteiger charge is 2.45. The third-order valence-electron chi connectivity index (χ3n) is 4.51. The molecule has 0 radical (unpaired) electrons. The molecule has 134 valence electrons. The lowest BCUT2D eigenvalue weighted by Crippen LogP contribution is -2.30. The summed E-state index contributed by atoms with van der Waals surface area (Å²) in [6.07, 6.45) is 0.572. The molecule has 0 spiro atoms. The molecular formula is C21H20ClNO3. The van der Waals surface area contributed by atoms with Crippen LogP contribution in [0.1, 0.15) is 29.2 Å².